The topological polar surface area (TPSA) is 54.2 Å². The molecule has 0 amide bonds. The Labute approximate surface area is 128 Å². The first-order chi connectivity index (χ1) is 9.69. The summed E-state index contributed by atoms with van der Waals surface area (Å²) in [5.74, 6) is 1.13. The van der Waals surface area contributed by atoms with Gasteiger partial charge in [0.15, 0.2) is 5.82 Å². The van der Waals surface area contributed by atoms with Crippen LogP contribution in [0.2, 0.25) is 4.34 Å². The summed E-state index contributed by atoms with van der Waals surface area (Å²) < 4.78 is 13.2. The molecule has 0 saturated carbocycles. The molecule has 1 fully saturated rings. The predicted octanol–water partition coefficient (Wildman–Crippen LogP) is 2.80. The number of nitrogens with one attached hydrogen (secondary N) is 1. The molecule has 1 aromatic rings. The highest BCUT2D eigenvalue weighted by atomic mass is 35.5. The minimum atomic E-state index is -0.487. The maximum Gasteiger partial charge on any atom is 0.272 e. The molecule has 0 radical (unpaired) electrons. The number of nitrogens with zero attached hydrogens (tertiary/aromatic N) is 2. The molecule has 1 aliphatic heterocycles. The van der Waals surface area contributed by atoms with Crippen LogP contribution in [0.3, 0.4) is 0 Å². The van der Waals surface area contributed by atoms with Crippen LogP contribution in [0.5, 0.6) is 0 Å². The van der Waals surface area contributed by atoms with Gasteiger partial charge in [-0.15, -0.1) is 0 Å². The zero-order valence-electron chi connectivity index (χ0n) is 11.6. The molecule has 0 spiro atoms. The molecule has 2 heterocycles. The molecule has 20 heavy (non-hydrogen) atoms. The van der Waals surface area contributed by atoms with Crippen molar-refractivity contribution < 1.29 is 4.39 Å². The summed E-state index contributed by atoms with van der Waals surface area (Å²) in [7, 11) is 0. The lowest BCUT2D eigenvalue weighted by molar-refractivity contribution is 0.176. The second-order valence-corrected chi connectivity index (χ2v) is 6.82. The molecule has 1 atom stereocenters. The number of hydrogen-bond donors (Lipinski definition) is 2. The third-order valence-electron chi connectivity index (χ3n) is 3.69. The van der Waals surface area contributed by atoms with Gasteiger partial charge in [0.2, 0.25) is 0 Å². The minimum absolute atomic E-state index is 0.393. The molecule has 0 aromatic carbocycles. The minimum Gasteiger partial charge on any atom is -0.368 e. The van der Waals surface area contributed by atoms with Crippen molar-refractivity contribution in [2.45, 2.75) is 25.7 Å². The standard InChI is InChI=1S/C13H22ClFN4S/c14-11-12(18-13(15)20-11)17-5-1-2-6-19-7-3-4-10(8-16)9-19/h10,17H,1-9,16H2. The number of likely N-dealkylation sites (tertiary alicyclic amines) is 1. The molecule has 4 nitrogen and oxygen atoms in total. The fraction of sp³-hybridized carbons (Fsp3) is 0.769. The van der Waals surface area contributed by atoms with Crippen molar-refractivity contribution in [2.75, 3.05) is 38.0 Å². The highest BCUT2D eigenvalue weighted by Crippen LogP contribution is 2.27. The molecule has 1 unspecified atom stereocenters. The Morgan fingerprint density at radius 2 is 2.35 bits per heavy atom. The molecule has 3 N–H and O–H groups in total. The summed E-state index contributed by atoms with van der Waals surface area (Å²) in [6, 6.07) is 0. The van der Waals surface area contributed by atoms with E-state index in [1.54, 1.807) is 0 Å². The maximum atomic E-state index is 12.8. The summed E-state index contributed by atoms with van der Waals surface area (Å²) in [6.45, 7) is 5.00. The molecule has 1 aromatic heterocycles. The van der Waals surface area contributed by atoms with Gasteiger partial charge in [-0.2, -0.15) is 9.37 Å². The number of aromatic nitrogens is 1. The second kappa shape index (κ2) is 8.12. The summed E-state index contributed by atoms with van der Waals surface area (Å²) in [4.78, 5) is 6.20. The van der Waals surface area contributed by atoms with Gasteiger partial charge in [-0.05, 0) is 51.2 Å². The second-order valence-electron chi connectivity index (χ2n) is 5.27. The molecule has 2 rings (SSSR count). The van der Waals surface area contributed by atoms with Gasteiger partial charge in [-0.1, -0.05) is 22.9 Å². The first-order valence-corrected chi connectivity index (χ1v) is 8.36. The third kappa shape index (κ3) is 4.84. The van der Waals surface area contributed by atoms with Crippen molar-refractivity contribution in [1.29, 1.82) is 0 Å². The van der Waals surface area contributed by atoms with E-state index >= 15 is 0 Å². The quantitative estimate of drug-likeness (QED) is 0.759. The average Bonchev–Trinajstić information content (AvgIpc) is 2.77. The summed E-state index contributed by atoms with van der Waals surface area (Å²) in [5, 5.41) is 2.59. The van der Waals surface area contributed by atoms with E-state index in [4.69, 9.17) is 17.3 Å². The van der Waals surface area contributed by atoms with E-state index in [1.165, 1.54) is 19.4 Å². The van der Waals surface area contributed by atoms with Crippen molar-refractivity contribution in [3.63, 3.8) is 0 Å². The van der Waals surface area contributed by atoms with E-state index in [2.05, 4.69) is 15.2 Å². The van der Waals surface area contributed by atoms with Crippen LogP contribution < -0.4 is 11.1 Å². The fourth-order valence-corrected chi connectivity index (χ4v) is 3.40. The van der Waals surface area contributed by atoms with Gasteiger partial charge in [-0.3, -0.25) is 0 Å². The Kier molecular flexibility index (Phi) is 6.48. The van der Waals surface area contributed by atoms with Gasteiger partial charge >= 0.3 is 0 Å². The molecular weight excluding hydrogens is 299 g/mol. The van der Waals surface area contributed by atoms with Gasteiger partial charge in [0.05, 0.1) is 0 Å². The van der Waals surface area contributed by atoms with Crippen LogP contribution in [-0.2, 0) is 0 Å². The van der Waals surface area contributed by atoms with E-state index in [1.807, 2.05) is 0 Å². The summed E-state index contributed by atoms with van der Waals surface area (Å²) in [5.41, 5.74) is 5.74. The van der Waals surface area contributed by atoms with E-state index in [0.717, 1.165) is 50.4 Å². The lowest BCUT2D eigenvalue weighted by Crippen LogP contribution is -2.38. The largest absolute Gasteiger partial charge is 0.368 e. The monoisotopic (exact) mass is 320 g/mol. The number of hydrogen-bond acceptors (Lipinski definition) is 5. The number of rotatable bonds is 7. The summed E-state index contributed by atoms with van der Waals surface area (Å²) >= 11 is 6.71. The van der Waals surface area contributed by atoms with Crippen LogP contribution >= 0.6 is 22.9 Å². The zero-order valence-corrected chi connectivity index (χ0v) is 13.1. The van der Waals surface area contributed by atoms with Gasteiger partial charge in [-0.25, -0.2) is 0 Å². The van der Waals surface area contributed by atoms with Crippen LogP contribution in [0, 0.1) is 11.2 Å². The van der Waals surface area contributed by atoms with Gasteiger partial charge in [0, 0.05) is 13.1 Å². The van der Waals surface area contributed by atoms with Crippen molar-refractivity contribution in [3.05, 3.63) is 9.60 Å². The normalized spacial score (nSPS) is 20.2. The van der Waals surface area contributed by atoms with Crippen molar-refractivity contribution in [2.24, 2.45) is 11.7 Å². The van der Waals surface area contributed by atoms with Crippen molar-refractivity contribution >= 4 is 28.8 Å². The number of unbranched alkanes of at least 4 members (excludes halogenated alkanes) is 1. The number of anilines is 1. The van der Waals surface area contributed by atoms with Gasteiger partial charge < -0.3 is 16.0 Å². The Hall–Kier alpha value is -0.430. The Bertz CT molecular complexity index is 415. The van der Waals surface area contributed by atoms with Crippen molar-refractivity contribution in [1.82, 2.24) is 9.88 Å². The van der Waals surface area contributed by atoms with Crippen LogP contribution in [0.15, 0.2) is 0 Å². The molecular formula is C13H22ClFN4S. The molecule has 7 heteroatoms. The van der Waals surface area contributed by atoms with Gasteiger partial charge in [0.1, 0.15) is 4.34 Å². The number of thiazole rings is 1. The van der Waals surface area contributed by atoms with Crippen LogP contribution in [0.1, 0.15) is 25.7 Å². The van der Waals surface area contributed by atoms with E-state index in [0.29, 0.717) is 16.1 Å². The highest BCUT2D eigenvalue weighted by Gasteiger charge is 2.17. The molecule has 114 valence electrons. The molecule has 0 bridgehead atoms. The first-order valence-electron chi connectivity index (χ1n) is 7.17. The lowest BCUT2D eigenvalue weighted by Gasteiger charge is -2.32. The molecule has 1 saturated heterocycles. The average molecular weight is 321 g/mol. The van der Waals surface area contributed by atoms with E-state index < -0.39 is 5.26 Å². The van der Waals surface area contributed by atoms with Gasteiger partial charge in [0.25, 0.3) is 5.26 Å². The number of halogens is 2. The van der Waals surface area contributed by atoms with Crippen LogP contribution in [0.25, 0.3) is 0 Å². The predicted molar refractivity (Wildman–Crippen MR) is 83.0 cm³/mol. The van der Waals surface area contributed by atoms with Crippen LogP contribution in [-0.4, -0.2) is 42.6 Å². The number of piperidine rings is 1. The Morgan fingerprint density at radius 3 is 3.05 bits per heavy atom. The Balaban J connectivity index is 1.58. The van der Waals surface area contributed by atoms with E-state index in [-0.39, 0.29) is 0 Å². The molecule has 1 aliphatic rings. The summed E-state index contributed by atoms with van der Waals surface area (Å²) in [6.07, 6.45) is 4.67. The Morgan fingerprint density at radius 1 is 1.50 bits per heavy atom. The SMILES string of the molecule is NCC1CCCN(CCCCNc2nc(F)sc2Cl)C1. The molecule has 0 aliphatic carbocycles. The smallest absolute Gasteiger partial charge is 0.272 e. The third-order valence-corrected chi connectivity index (χ3v) is 4.73. The zero-order chi connectivity index (χ0) is 14.4. The fourth-order valence-electron chi connectivity index (χ4n) is 2.60. The van der Waals surface area contributed by atoms with E-state index in [9.17, 15) is 4.39 Å². The highest BCUT2D eigenvalue weighted by molar-refractivity contribution is 7.15. The first kappa shape index (κ1) is 15.9. The lowest BCUT2D eigenvalue weighted by atomic mass is 9.98. The maximum absolute atomic E-state index is 12.8. The van der Waals surface area contributed by atoms with Crippen LogP contribution in [0.4, 0.5) is 10.2 Å². The number of nitrogens with two attached hydrogens (primary N) is 1. The van der Waals surface area contributed by atoms with Crippen molar-refractivity contribution in [3.8, 4) is 0 Å².